The molecule has 1 unspecified atom stereocenters. The lowest BCUT2D eigenvalue weighted by molar-refractivity contribution is 0.507. The van der Waals surface area contributed by atoms with E-state index in [0.29, 0.717) is 6.54 Å². The molecule has 0 amide bonds. The second-order valence-corrected chi connectivity index (χ2v) is 1.54. The Hall–Kier alpha value is 0.320. The van der Waals surface area contributed by atoms with Crippen LogP contribution in [0.25, 0.3) is 0 Å². The molecule has 0 saturated carbocycles. The number of hydrazine groups is 1. The molecule has 0 spiro atoms. The largest absolute Gasteiger partial charge is 0.759 e. The summed E-state index contributed by atoms with van der Waals surface area (Å²) in [5.74, 6) is 0. The standard InChI is InChI=1S/C2H8N2O2S.ClH/c1-2-3-4-7(5)6;/h3-4H,2H2,1H3,(H,5,6);1H/p-1. The summed E-state index contributed by atoms with van der Waals surface area (Å²) in [5.41, 5.74) is 2.39. The van der Waals surface area contributed by atoms with Crippen LogP contribution in [0, 0.1) is 0 Å². The smallest absolute Gasteiger partial charge is 0.0324 e. The molecular formula is C2H8ClN2O2S-. The molecule has 0 aliphatic rings. The molecule has 0 aliphatic carbocycles. The Balaban J connectivity index is 0. The van der Waals surface area contributed by atoms with Gasteiger partial charge in [-0.05, 0) is 0 Å². The van der Waals surface area contributed by atoms with Crippen molar-refractivity contribution >= 4 is 23.7 Å². The summed E-state index contributed by atoms with van der Waals surface area (Å²) in [6.07, 6.45) is 0. The zero-order chi connectivity index (χ0) is 5.70. The molecule has 1 atom stereocenters. The fourth-order valence-corrected chi connectivity index (χ4v) is 0.393. The lowest BCUT2D eigenvalue weighted by Gasteiger charge is -2.04. The number of halogens is 1. The number of nitrogens with one attached hydrogen (secondary N) is 2. The van der Waals surface area contributed by atoms with Crippen LogP contribution < -0.4 is 10.3 Å². The Morgan fingerprint density at radius 1 is 1.75 bits per heavy atom. The van der Waals surface area contributed by atoms with Crippen LogP contribution in [0.15, 0.2) is 0 Å². The van der Waals surface area contributed by atoms with Gasteiger partial charge in [0.05, 0.1) is 0 Å². The molecule has 0 rings (SSSR count). The molecule has 0 aliphatic heterocycles. The Morgan fingerprint density at radius 2 is 2.25 bits per heavy atom. The SMILES string of the molecule is CCNNS(=O)[O-].Cl. The third-order valence-electron chi connectivity index (χ3n) is 0.332. The van der Waals surface area contributed by atoms with Crippen LogP contribution in [0.1, 0.15) is 6.92 Å². The third kappa shape index (κ3) is 9.58. The summed E-state index contributed by atoms with van der Waals surface area (Å²) in [7, 11) is 0. The lowest BCUT2D eigenvalue weighted by atomic mass is 10.8. The van der Waals surface area contributed by atoms with E-state index in [4.69, 9.17) is 0 Å². The van der Waals surface area contributed by atoms with Crippen LogP contribution in [0.4, 0.5) is 0 Å². The zero-order valence-electron chi connectivity index (χ0n) is 4.34. The molecule has 6 heteroatoms. The molecule has 2 N–H and O–H groups in total. The Kier molecular flexibility index (Phi) is 10.2. The van der Waals surface area contributed by atoms with Crippen molar-refractivity contribution in [3.63, 3.8) is 0 Å². The summed E-state index contributed by atoms with van der Waals surface area (Å²) in [4.78, 5) is 1.96. The quantitative estimate of drug-likeness (QED) is 0.424. The Bertz CT molecular complexity index is 71.1. The van der Waals surface area contributed by atoms with Crippen LogP contribution in [-0.2, 0) is 11.3 Å². The summed E-state index contributed by atoms with van der Waals surface area (Å²) >= 11 is -2.18. The normalized spacial score (nSPS) is 12.2. The third-order valence-corrected chi connectivity index (χ3v) is 0.643. The minimum atomic E-state index is -2.18. The minimum absolute atomic E-state index is 0. The van der Waals surface area contributed by atoms with Crippen LogP contribution in [0.3, 0.4) is 0 Å². The first-order valence-corrected chi connectivity index (χ1v) is 2.92. The molecule has 0 fully saturated rings. The minimum Gasteiger partial charge on any atom is -0.759 e. The van der Waals surface area contributed by atoms with Crippen LogP contribution in [0.5, 0.6) is 0 Å². The van der Waals surface area contributed by atoms with E-state index in [1.165, 1.54) is 0 Å². The number of hydrogen-bond donors (Lipinski definition) is 2. The van der Waals surface area contributed by atoms with Crippen molar-refractivity contribution in [3.05, 3.63) is 0 Å². The van der Waals surface area contributed by atoms with Crippen LogP contribution in [0.2, 0.25) is 0 Å². The van der Waals surface area contributed by atoms with Gasteiger partial charge in [0, 0.05) is 17.8 Å². The Morgan fingerprint density at radius 3 is 2.38 bits per heavy atom. The van der Waals surface area contributed by atoms with Gasteiger partial charge in [-0.1, -0.05) is 6.92 Å². The second kappa shape index (κ2) is 7.32. The van der Waals surface area contributed by atoms with Gasteiger partial charge in [-0.3, -0.25) is 4.21 Å². The van der Waals surface area contributed by atoms with E-state index < -0.39 is 11.3 Å². The van der Waals surface area contributed by atoms with Gasteiger partial charge in [0.15, 0.2) is 0 Å². The highest BCUT2D eigenvalue weighted by Gasteiger charge is 1.72. The van der Waals surface area contributed by atoms with Gasteiger partial charge in [-0.25, -0.2) is 5.43 Å². The summed E-state index contributed by atoms with van der Waals surface area (Å²) in [5, 5.41) is 0. The molecule has 0 heterocycles. The van der Waals surface area contributed by atoms with Gasteiger partial charge in [0.25, 0.3) is 0 Å². The fraction of sp³-hybridized carbons (Fsp3) is 1.00. The highest BCUT2D eigenvalue weighted by molar-refractivity contribution is 7.76. The van der Waals surface area contributed by atoms with Crippen molar-refractivity contribution < 1.29 is 8.76 Å². The van der Waals surface area contributed by atoms with Gasteiger partial charge in [0.2, 0.25) is 0 Å². The topological polar surface area (TPSA) is 64.2 Å². The molecule has 0 radical (unpaired) electrons. The molecule has 4 nitrogen and oxygen atoms in total. The molecule has 0 bridgehead atoms. The highest BCUT2D eigenvalue weighted by Crippen LogP contribution is 1.52. The lowest BCUT2D eigenvalue weighted by Crippen LogP contribution is -2.32. The Labute approximate surface area is 56.8 Å². The van der Waals surface area contributed by atoms with Gasteiger partial charge >= 0.3 is 0 Å². The molecule has 8 heavy (non-hydrogen) atoms. The fourth-order valence-electron chi connectivity index (χ4n) is 0.131. The van der Waals surface area contributed by atoms with E-state index in [0.717, 1.165) is 0 Å². The van der Waals surface area contributed by atoms with Gasteiger partial charge in [-0.15, -0.1) is 12.4 Å². The predicted molar refractivity (Wildman–Crippen MR) is 33.0 cm³/mol. The summed E-state index contributed by atoms with van der Waals surface area (Å²) < 4.78 is 19.2. The first kappa shape index (κ1) is 11.2. The molecule has 52 valence electrons. The van der Waals surface area contributed by atoms with E-state index in [9.17, 15) is 8.76 Å². The van der Waals surface area contributed by atoms with Crippen LogP contribution in [-0.4, -0.2) is 15.3 Å². The molecule has 0 saturated heterocycles. The van der Waals surface area contributed by atoms with Gasteiger partial charge in [-0.2, -0.15) is 4.83 Å². The molecule has 0 aromatic heterocycles. The predicted octanol–water partition coefficient (Wildman–Crippen LogP) is -0.684. The highest BCUT2D eigenvalue weighted by atomic mass is 35.5. The van der Waals surface area contributed by atoms with E-state index in [1.807, 2.05) is 4.83 Å². The number of hydrogen-bond acceptors (Lipinski definition) is 3. The van der Waals surface area contributed by atoms with Gasteiger partial charge in [0.1, 0.15) is 0 Å². The molecule has 0 aromatic carbocycles. The van der Waals surface area contributed by atoms with Crippen molar-refractivity contribution in [1.29, 1.82) is 0 Å². The summed E-state index contributed by atoms with van der Waals surface area (Å²) in [6, 6.07) is 0. The maximum Gasteiger partial charge on any atom is 0.0324 e. The first-order valence-electron chi connectivity index (χ1n) is 1.85. The van der Waals surface area contributed by atoms with Crippen molar-refractivity contribution in [2.24, 2.45) is 0 Å². The average Bonchev–Trinajstić information content (AvgIpc) is 1.61. The maximum atomic E-state index is 9.58. The van der Waals surface area contributed by atoms with Crippen molar-refractivity contribution in [2.75, 3.05) is 6.54 Å². The monoisotopic (exact) mass is 159 g/mol. The second-order valence-electron chi connectivity index (χ2n) is 0.867. The van der Waals surface area contributed by atoms with E-state index in [-0.39, 0.29) is 12.4 Å². The maximum absolute atomic E-state index is 9.58. The van der Waals surface area contributed by atoms with Gasteiger partial charge < -0.3 is 4.55 Å². The van der Waals surface area contributed by atoms with E-state index in [1.54, 1.807) is 6.92 Å². The average molecular weight is 160 g/mol. The first-order chi connectivity index (χ1) is 3.27. The zero-order valence-corrected chi connectivity index (χ0v) is 5.97. The van der Waals surface area contributed by atoms with Crippen LogP contribution >= 0.6 is 12.4 Å². The van der Waals surface area contributed by atoms with E-state index in [2.05, 4.69) is 5.43 Å². The van der Waals surface area contributed by atoms with Crippen molar-refractivity contribution in [2.45, 2.75) is 6.92 Å². The van der Waals surface area contributed by atoms with E-state index >= 15 is 0 Å². The molecular weight excluding hydrogens is 152 g/mol. The van der Waals surface area contributed by atoms with Crippen molar-refractivity contribution in [1.82, 2.24) is 10.3 Å². The number of rotatable bonds is 3. The summed E-state index contributed by atoms with van der Waals surface area (Å²) in [6.45, 7) is 2.38. The molecule has 0 aromatic rings. The van der Waals surface area contributed by atoms with Crippen molar-refractivity contribution in [3.8, 4) is 0 Å².